The monoisotopic (exact) mass is 348 g/mol. The van der Waals surface area contributed by atoms with Crippen LogP contribution in [0, 0.1) is 0 Å². The van der Waals surface area contributed by atoms with E-state index >= 15 is 0 Å². The van der Waals surface area contributed by atoms with E-state index in [2.05, 4.69) is 109 Å². The molecule has 0 bridgehead atoms. The van der Waals surface area contributed by atoms with E-state index in [0.29, 0.717) is 0 Å². The molecule has 0 heteroatoms. The Hall–Kier alpha value is -3.12. The van der Waals surface area contributed by atoms with Crippen LogP contribution in [0.2, 0.25) is 0 Å². The van der Waals surface area contributed by atoms with Gasteiger partial charge in [-0.3, -0.25) is 0 Å². The van der Waals surface area contributed by atoms with E-state index in [0.717, 1.165) is 12.8 Å². The summed E-state index contributed by atoms with van der Waals surface area (Å²) < 4.78 is 0. The van der Waals surface area contributed by atoms with Crippen LogP contribution in [0.1, 0.15) is 17.5 Å². The summed E-state index contributed by atoms with van der Waals surface area (Å²) in [5.41, 5.74) is 7.96. The molecular weight excluding hydrogens is 324 g/mol. The Bertz CT molecular complexity index is 867. The second kappa shape index (κ2) is 8.51. The summed E-state index contributed by atoms with van der Waals surface area (Å²) in [6, 6.07) is 39.1. The summed E-state index contributed by atoms with van der Waals surface area (Å²) in [5, 5.41) is 0. The number of hydrogen-bond acceptors (Lipinski definition) is 0. The first-order chi connectivity index (χ1) is 13.4. The fourth-order valence-electron chi connectivity index (χ4n) is 3.49. The normalized spacial score (nSPS) is 10.7. The van der Waals surface area contributed by atoms with Crippen LogP contribution in [-0.2, 0) is 12.8 Å². The Kier molecular flexibility index (Phi) is 5.45. The highest BCUT2D eigenvalue weighted by molar-refractivity contribution is 5.64. The van der Waals surface area contributed by atoms with Crippen LogP contribution in [0.4, 0.5) is 0 Å². The molecule has 4 aromatic rings. The molecule has 0 N–H and O–H groups in total. The minimum absolute atomic E-state index is 1.12. The summed E-state index contributed by atoms with van der Waals surface area (Å²) in [4.78, 5) is 0. The van der Waals surface area contributed by atoms with Gasteiger partial charge in [0.25, 0.3) is 0 Å². The molecule has 0 nitrogen and oxygen atoms in total. The average molecular weight is 348 g/mol. The first kappa shape index (κ1) is 17.3. The highest BCUT2D eigenvalue weighted by Gasteiger charge is 2.00. The Morgan fingerprint density at radius 1 is 0.333 bits per heavy atom. The number of aryl methyl sites for hydroxylation is 2. The lowest BCUT2D eigenvalue weighted by Gasteiger charge is -2.06. The number of hydrogen-bond donors (Lipinski definition) is 0. The second-order valence-electron chi connectivity index (χ2n) is 6.98. The van der Waals surface area contributed by atoms with Gasteiger partial charge in [-0.1, -0.05) is 109 Å². The average Bonchev–Trinajstić information content (AvgIpc) is 2.76. The Morgan fingerprint density at radius 2 is 0.667 bits per heavy atom. The molecule has 0 saturated carbocycles. The Morgan fingerprint density at radius 3 is 1.04 bits per heavy atom. The summed E-state index contributed by atoms with van der Waals surface area (Å²) in [6.07, 6.45) is 3.42. The molecule has 4 aromatic carbocycles. The first-order valence-corrected chi connectivity index (χ1v) is 9.67. The van der Waals surface area contributed by atoms with Gasteiger partial charge >= 0.3 is 0 Å². The van der Waals surface area contributed by atoms with Gasteiger partial charge in [0, 0.05) is 0 Å². The topological polar surface area (TPSA) is 0 Å². The molecule has 27 heavy (non-hydrogen) atoms. The van der Waals surface area contributed by atoms with Crippen molar-refractivity contribution in [1.29, 1.82) is 0 Å². The van der Waals surface area contributed by atoms with Gasteiger partial charge in [-0.15, -0.1) is 0 Å². The molecule has 0 heterocycles. The van der Waals surface area contributed by atoms with E-state index in [9.17, 15) is 0 Å². The van der Waals surface area contributed by atoms with Crippen molar-refractivity contribution in [3.8, 4) is 22.3 Å². The number of benzene rings is 4. The molecule has 0 saturated heterocycles. The van der Waals surface area contributed by atoms with Crippen molar-refractivity contribution in [2.45, 2.75) is 19.3 Å². The zero-order chi connectivity index (χ0) is 18.3. The standard InChI is InChI=1S/C27H24/c1-3-10-24(11-4-1)26-18-14-22(15-19-26)8-7-9-23-16-20-27(21-17-23)25-12-5-2-6-13-25/h1-6,10-21H,7-9H2. The third kappa shape index (κ3) is 4.54. The Labute approximate surface area is 162 Å². The van der Waals surface area contributed by atoms with E-state index in [1.165, 1.54) is 39.8 Å². The molecule has 4 rings (SSSR count). The van der Waals surface area contributed by atoms with Gasteiger partial charge < -0.3 is 0 Å². The molecule has 0 aliphatic rings. The SMILES string of the molecule is c1ccc(-c2ccc(CCCc3ccc(-c4ccccc4)cc3)cc2)cc1. The zero-order valence-electron chi connectivity index (χ0n) is 15.5. The van der Waals surface area contributed by atoms with Crippen molar-refractivity contribution in [1.82, 2.24) is 0 Å². The minimum Gasteiger partial charge on any atom is -0.0622 e. The van der Waals surface area contributed by atoms with Crippen LogP contribution in [-0.4, -0.2) is 0 Å². The van der Waals surface area contributed by atoms with E-state index in [1.807, 2.05) is 0 Å². The summed E-state index contributed by atoms with van der Waals surface area (Å²) in [7, 11) is 0. The summed E-state index contributed by atoms with van der Waals surface area (Å²) in [5.74, 6) is 0. The van der Waals surface area contributed by atoms with Gasteiger partial charge in [-0.05, 0) is 52.6 Å². The molecule has 0 aromatic heterocycles. The van der Waals surface area contributed by atoms with Crippen LogP contribution in [0.3, 0.4) is 0 Å². The van der Waals surface area contributed by atoms with Gasteiger partial charge in [-0.25, -0.2) is 0 Å². The fourth-order valence-corrected chi connectivity index (χ4v) is 3.49. The molecule has 0 aliphatic carbocycles. The van der Waals surface area contributed by atoms with Gasteiger partial charge in [0.15, 0.2) is 0 Å². The van der Waals surface area contributed by atoms with Crippen LogP contribution in [0.25, 0.3) is 22.3 Å². The molecule has 0 fully saturated rings. The maximum absolute atomic E-state index is 2.26. The van der Waals surface area contributed by atoms with E-state index in [-0.39, 0.29) is 0 Å². The van der Waals surface area contributed by atoms with Crippen molar-refractivity contribution in [3.05, 3.63) is 120 Å². The minimum atomic E-state index is 1.12. The number of rotatable bonds is 6. The van der Waals surface area contributed by atoms with Gasteiger partial charge in [0.1, 0.15) is 0 Å². The highest BCUT2D eigenvalue weighted by Crippen LogP contribution is 2.21. The molecule has 0 spiro atoms. The highest BCUT2D eigenvalue weighted by atomic mass is 14.1. The molecule has 0 aliphatic heterocycles. The summed E-state index contributed by atoms with van der Waals surface area (Å²) >= 11 is 0. The van der Waals surface area contributed by atoms with Crippen LogP contribution in [0.15, 0.2) is 109 Å². The summed E-state index contributed by atoms with van der Waals surface area (Å²) in [6.45, 7) is 0. The first-order valence-electron chi connectivity index (χ1n) is 9.67. The molecular formula is C27H24. The van der Waals surface area contributed by atoms with E-state index in [1.54, 1.807) is 0 Å². The predicted octanol–water partition coefficient (Wildman–Crippen LogP) is 7.20. The molecule has 0 unspecified atom stereocenters. The van der Waals surface area contributed by atoms with Crippen molar-refractivity contribution in [3.63, 3.8) is 0 Å². The Balaban J connectivity index is 1.32. The van der Waals surface area contributed by atoms with Gasteiger partial charge in [0.2, 0.25) is 0 Å². The lowest BCUT2D eigenvalue weighted by Crippen LogP contribution is -1.90. The fraction of sp³-hybridized carbons (Fsp3) is 0.111. The predicted molar refractivity (Wildman–Crippen MR) is 116 cm³/mol. The third-order valence-electron chi connectivity index (χ3n) is 5.05. The van der Waals surface area contributed by atoms with Gasteiger partial charge in [-0.2, -0.15) is 0 Å². The van der Waals surface area contributed by atoms with Gasteiger partial charge in [0.05, 0.1) is 0 Å². The third-order valence-corrected chi connectivity index (χ3v) is 5.05. The molecule has 132 valence electrons. The van der Waals surface area contributed by atoms with Crippen LogP contribution in [0.5, 0.6) is 0 Å². The maximum atomic E-state index is 2.26. The van der Waals surface area contributed by atoms with Crippen molar-refractivity contribution < 1.29 is 0 Å². The largest absolute Gasteiger partial charge is 0.0622 e. The molecule has 0 radical (unpaired) electrons. The zero-order valence-corrected chi connectivity index (χ0v) is 15.5. The smallest absolute Gasteiger partial charge is 0.0184 e. The second-order valence-corrected chi connectivity index (χ2v) is 6.98. The van der Waals surface area contributed by atoms with Crippen molar-refractivity contribution >= 4 is 0 Å². The van der Waals surface area contributed by atoms with Crippen molar-refractivity contribution in [2.75, 3.05) is 0 Å². The lowest BCUT2D eigenvalue weighted by atomic mass is 9.99. The maximum Gasteiger partial charge on any atom is -0.0184 e. The quantitative estimate of drug-likeness (QED) is 0.346. The van der Waals surface area contributed by atoms with E-state index < -0.39 is 0 Å². The van der Waals surface area contributed by atoms with Crippen molar-refractivity contribution in [2.24, 2.45) is 0 Å². The lowest BCUT2D eigenvalue weighted by molar-refractivity contribution is 0.821. The van der Waals surface area contributed by atoms with Crippen LogP contribution < -0.4 is 0 Å². The van der Waals surface area contributed by atoms with Crippen LogP contribution >= 0.6 is 0 Å². The molecule has 0 atom stereocenters. The van der Waals surface area contributed by atoms with E-state index in [4.69, 9.17) is 0 Å². The molecule has 0 amide bonds.